The van der Waals surface area contributed by atoms with Crippen LogP contribution in [0, 0.1) is 17.8 Å². The molecule has 0 saturated heterocycles. The summed E-state index contributed by atoms with van der Waals surface area (Å²) < 4.78 is 0. The number of hydrogen-bond donors (Lipinski definition) is 0. The van der Waals surface area contributed by atoms with Crippen molar-refractivity contribution in [1.82, 2.24) is 0 Å². The standard InChI is InChI=1S/C29H36/c1-3-5-6-7-9-25-10-12-26(13-11-25)14-15-27-18-22-29(23-19-27)28-20-16-24(8-4-2)17-21-28/h3,10-13,18-19,22-24,28H,1,4-9,16-17,20-21H2,2H3. The van der Waals surface area contributed by atoms with E-state index in [1.165, 1.54) is 62.5 Å². The van der Waals surface area contributed by atoms with Crippen LogP contribution >= 0.6 is 0 Å². The average Bonchev–Trinajstić information content (AvgIpc) is 2.77. The minimum Gasteiger partial charge on any atom is -0.103 e. The smallest absolute Gasteiger partial charge is 0.0249 e. The number of unbranched alkanes of at least 4 members (excludes halogenated alkanes) is 2. The van der Waals surface area contributed by atoms with Gasteiger partial charge in [-0.1, -0.05) is 61.9 Å². The van der Waals surface area contributed by atoms with Crippen LogP contribution in [0.3, 0.4) is 0 Å². The number of aryl methyl sites for hydroxylation is 1. The molecule has 2 aromatic rings. The van der Waals surface area contributed by atoms with Crippen LogP contribution in [0.1, 0.15) is 92.9 Å². The number of rotatable bonds is 8. The predicted molar refractivity (Wildman–Crippen MR) is 126 cm³/mol. The topological polar surface area (TPSA) is 0 Å². The molecule has 0 bridgehead atoms. The summed E-state index contributed by atoms with van der Waals surface area (Å²) in [4.78, 5) is 0. The molecule has 1 saturated carbocycles. The SMILES string of the molecule is C=CCCCCc1ccc(C#Cc2ccc(C3CCC(CCC)CC3)cc2)cc1. The molecule has 0 atom stereocenters. The Bertz CT molecular complexity index is 790. The summed E-state index contributed by atoms with van der Waals surface area (Å²) in [5, 5.41) is 0. The zero-order valence-corrected chi connectivity index (χ0v) is 18.1. The molecule has 1 aliphatic rings. The first-order chi connectivity index (χ1) is 14.3. The van der Waals surface area contributed by atoms with Gasteiger partial charge in [0.25, 0.3) is 0 Å². The summed E-state index contributed by atoms with van der Waals surface area (Å²) in [7, 11) is 0. The van der Waals surface area contributed by atoms with Gasteiger partial charge in [-0.25, -0.2) is 0 Å². The molecular formula is C29H36. The lowest BCUT2D eigenvalue weighted by Crippen LogP contribution is -2.13. The largest absolute Gasteiger partial charge is 0.103 e. The molecule has 0 heteroatoms. The fourth-order valence-corrected chi connectivity index (χ4v) is 4.55. The molecule has 0 spiro atoms. The van der Waals surface area contributed by atoms with Gasteiger partial charge in [-0.2, -0.15) is 0 Å². The summed E-state index contributed by atoms with van der Waals surface area (Å²) in [5.74, 6) is 8.38. The van der Waals surface area contributed by atoms with E-state index in [2.05, 4.69) is 73.9 Å². The second-order valence-electron chi connectivity index (χ2n) is 8.61. The predicted octanol–water partition coefficient (Wildman–Crippen LogP) is 8.06. The fraction of sp³-hybridized carbons (Fsp3) is 0.448. The second-order valence-corrected chi connectivity index (χ2v) is 8.61. The van der Waals surface area contributed by atoms with Crippen LogP contribution < -0.4 is 0 Å². The Hall–Kier alpha value is -2.26. The maximum absolute atomic E-state index is 3.78. The van der Waals surface area contributed by atoms with Gasteiger partial charge in [0.2, 0.25) is 0 Å². The van der Waals surface area contributed by atoms with Crippen molar-refractivity contribution < 1.29 is 0 Å². The summed E-state index contributed by atoms with van der Waals surface area (Å²) in [6, 6.07) is 17.8. The van der Waals surface area contributed by atoms with Gasteiger partial charge in [-0.3, -0.25) is 0 Å². The normalized spacial score (nSPS) is 18.7. The lowest BCUT2D eigenvalue weighted by molar-refractivity contribution is 0.308. The molecule has 152 valence electrons. The summed E-state index contributed by atoms with van der Waals surface area (Å²) in [5.41, 5.74) is 5.11. The van der Waals surface area contributed by atoms with Crippen LogP contribution in [0.5, 0.6) is 0 Å². The molecule has 0 heterocycles. The van der Waals surface area contributed by atoms with Crippen LogP contribution in [0.25, 0.3) is 0 Å². The Kier molecular flexibility index (Phi) is 8.63. The molecular weight excluding hydrogens is 348 g/mol. The molecule has 29 heavy (non-hydrogen) atoms. The molecule has 0 unspecified atom stereocenters. The first-order valence-corrected chi connectivity index (χ1v) is 11.6. The number of hydrogen-bond acceptors (Lipinski definition) is 0. The van der Waals surface area contributed by atoms with Crippen molar-refractivity contribution in [2.75, 3.05) is 0 Å². The molecule has 0 aliphatic heterocycles. The molecule has 1 fully saturated rings. The third kappa shape index (κ3) is 6.93. The second kappa shape index (κ2) is 11.7. The van der Waals surface area contributed by atoms with E-state index in [4.69, 9.17) is 0 Å². The van der Waals surface area contributed by atoms with E-state index in [1.54, 1.807) is 0 Å². The Balaban J connectivity index is 1.51. The van der Waals surface area contributed by atoms with Gasteiger partial charge in [0.1, 0.15) is 0 Å². The van der Waals surface area contributed by atoms with E-state index in [0.29, 0.717) is 0 Å². The molecule has 0 radical (unpaired) electrons. The van der Waals surface area contributed by atoms with Crippen molar-refractivity contribution in [3.8, 4) is 11.8 Å². The van der Waals surface area contributed by atoms with Gasteiger partial charge in [-0.05, 0) is 98.6 Å². The van der Waals surface area contributed by atoms with E-state index in [1.807, 2.05) is 6.08 Å². The van der Waals surface area contributed by atoms with Gasteiger partial charge in [0.15, 0.2) is 0 Å². The lowest BCUT2D eigenvalue weighted by atomic mass is 9.77. The van der Waals surface area contributed by atoms with E-state index in [9.17, 15) is 0 Å². The van der Waals surface area contributed by atoms with Gasteiger partial charge in [-0.15, -0.1) is 6.58 Å². The first kappa shape index (κ1) is 21.4. The zero-order chi connectivity index (χ0) is 20.3. The van der Waals surface area contributed by atoms with E-state index in [0.717, 1.165) is 35.8 Å². The molecule has 1 aliphatic carbocycles. The van der Waals surface area contributed by atoms with E-state index >= 15 is 0 Å². The molecule has 0 nitrogen and oxygen atoms in total. The first-order valence-electron chi connectivity index (χ1n) is 11.6. The molecule has 2 aromatic carbocycles. The van der Waals surface area contributed by atoms with Crippen LogP contribution in [0.2, 0.25) is 0 Å². The van der Waals surface area contributed by atoms with Crippen LogP contribution in [-0.2, 0) is 6.42 Å². The highest BCUT2D eigenvalue weighted by Gasteiger charge is 2.21. The maximum atomic E-state index is 3.78. The monoisotopic (exact) mass is 384 g/mol. The lowest BCUT2D eigenvalue weighted by Gasteiger charge is -2.28. The van der Waals surface area contributed by atoms with E-state index < -0.39 is 0 Å². The average molecular weight is 385 g/mol. The summed E-state index contributed by atoms with van der Waals surface area (Å²) in [6.45, 7) is 6.10. The molecule has 0 aromatic heterocycles. The zero-order valence-electron chi connectivity index (χ0n) is 18.1. The third-order valence-electron chi connectivity index (χ3n) is 6.35. The van der Waals surface area contributed by atoms with Gasteiger partial charge < -0.3 is 0 Å². The van der Waals surface area contributed by atoms with Gasteiger partial charge >= 0.3 is 0 Å². The quantitative estimate of drug-likeness (QED) is 0.245. The highest BCUT2D eigenvalue weighted by atomic mass is 14.3. The fourth-order valence-electron chi connectivity index (χ4n) is 4.55. The minimum atomic E-state index is 0.754. The van der Waals surface area contributed by atoms with Crippen molar-refractivity contribution in [2.45, 2.75) is 77.0 Å². The number of allylic oxidation sites excluding steroid dienone is 1. The number of benzene rings is 2. The van der Waals surface area contributed by atoms with Gasteiger partial charge in [0, 0.05) is 11.1 Å². The van der Waals surface area contributed by atoms with Gasteiger partial charge in [0.05, 0.1) is 0 Å². The molecule has 0 amide bonds. The van der Waals surface area contributed by atoms with Crippen molar-refractivity contribution in [3.05, 3.63) is 83.4 Å². The Morgan fingerprint density at radius 1 is 0.862 bits per heavy atom. The van der Waals surface area contributed by atoms with Crippen LogP contribution in [-0.4, -0.2) is 0 Å². The third-order valence-corrected chi connectivity index (χ3v) is 6.35. The minimum absolute atomic E-state index is 0.754. The highest BCUT2D eigenvalue weighted by Crippen LogP contribution is 2.37. The van der Waals surface area contributed by atoms with Crippen LogP contribution in [0.15, 0.2) is 61.2 Å². The molecule has 0 N–H and O–H groups in total. The van der Waals surface area contributed by atoms with Crippen molar-refractivity contribution >= 4 is 0 Å². The molecule has 3 rings (SSSR count). The van der Waals surface area contributed by atoms with E-state index in [-0.39, 0.29) is 0 Å². The maximum Gasteiger partial charge on any atom is 0.0249 e. The Labute approximate surface area is 178 Å². The van der Waals surface area contributed by atoms with Crippen molar-refractivity contribution in [2.24, 2.45) is 5.92 Å². The van der Waals surface area contributed by atoms with Crippen molar-refractivity contribution in [3.63, 3.8) is 0 Å². The Morgan fingerprint density at radius 3 is 2.07 bits per heavy atom. The van der Waals surface area contributed by atoms with Crippen LogP contribution in [0.4, 0.5) is 0 Å². The summed E-state index contributed by atoms with van der Waals surface area (Å²) >= 11 is 0. The van der Waals surface area contributed by atoms with Crippen molar-refractivity contribution in [1.29, 1.82) is 0 Å². The summed E-state index contributed by atoms with van der Waals surface area (Å²) in [6.07, 6.45) is 15.0. The Morgan fingerprint density at radius 2 is 1.48 bits per heavy atom. The highest BCUT2D eigenvalue weighted by molar-refractivity contribution is 5.44.